The van der Waals surface area contributed by atoms with Crippen LogP contribution in [0.3, 0.4) is 0 Å². The van der Waals surface area contributed by atoms with E-state index in [4.69, 9.17) is 0 Å². The Morgan fingerprint density at radius 1 is 1.47 bits per heavy atom. The summed E-state index contributed by atoms with van der Waals surface area (Å²) < 4.78 is 0. The first-order valence-electron chi connectivity index (χ1n) is 7.08. The Morgan fingerprint density at radius 3 is 3.00 bits per heavy atom. The Balaban J connectivity index is 2.03. The summed E-state index contributed by atoms with van der Waals surface area (Å²) in [6, 6.07) is 5.10. The third-order valence-electron chi connectivity index (χ3n) is 3.91. The van der Waals surface area contributed by atoms with E-state index >= 15 is 0 Å². The number of nitrogens with one attached hydrogen (secondary N) is 1. The minimum absolute atomic E-state index is 0.609. The quantitative estimate of drug-likeness (QED) is 0.805. The second-order valence-electron chi connectivity index (χ2n) is 5.48. The lowest BCUT2D eigenvalue weighted by Crippen LogP contribution is -2.31. The van der Waals surface area contributed by atoms with Crippen LogP contribution in [0.15, 0.2) is 17.5 Å². The summed E-state index contributed by atoms with van der Waals surface area (Å²) >= 11 is 1.91. The molecule has 1 fully saturated rings. The fourth-order valence-corrected chi connectivity index (χ4v) is 3.95. The zero-order valence-electron chi connectivity index (χ0n) is 11.1. The first-order chi connectivity index (χ1) is 8.31. The van der Waals surface area contributed by atoms with E-state index in [0.717, 1.165) is 18.4 Å². The summed E-state index contributed by atoms with van der Waals surface area (Å²) in [7, 11) is 0. The maximum Gasteiger partial charge on any atom is 0.0443 e. The lowest BCUT2D eigenvalue weighted by Gasteiger charge is -2.33. The average molecular weight is 251 g/mol. The van der Waals surface area contributed by atoms with Gasteiger partial charge in [-0.05, 0) is 49.1 Å². The SMILES string of the molecule is CCCNC(c1cccs1)C1CCCC(C)C1. The minimum Gasteiger partial charge on any atom is -0.309 e. The Morgan fingerprint density at radius 2 is 2.35 bits per heavy atom. The molecule has 0 aromatic carbocycles. The molecule has 96 valence electrons. The van der Waals surface area contributed by atoms with Crippen LogP contribution in [0.2, 0.25) is 0 Å². The van der Waals surface area contributed by atoms with E-state index in [1.807, 2.05) is 11.3 Å². The van der Waals surface area contributed by atoms with Gasteiger partial charge in [-0.1, -0.05) is 32.8 Å². The molecule has 0 bridgehead atoms. The van der Waals surface area contributed by atoms with Crippen LogP contribution in [-0.4, -0.2) is 6.54 Å². The molecule has 1 saturated carbocycles. The number of hydrogen-bond acceptors (Lipinski definition) is 2. The van der Waals surface area contributed by atoms with Gasteiger partial charge in [0.2, 0.25) is 0 Å². The largest absolute Gasteiger partial charge is 0.309 e. The molecule has 3 atom stereocenters. The van der Waals surface area contributed by atoms with Crippen LogP contribution in [-0.2, 0) is 0 Å². The molecule has 1 aromatic rings. The maximum absolute atomic E-state index is 3.77. The number of hydrogen-bond donors (Lipinski definition) is 1. The smallest absolute Gasteiger partial charge is 0.0443 e. The van der Waals surface area contributed by atoms with Gasteiger partial charge in [0.25, 0.3) is 0 Å². The van der Waals surface area contributed by atoms with Crippen molar-refractivity contribution in [1.82, 2.24) is 5.32 Å². The summed E-state index contributed by atoms with van der Waals surface area (Å²) in [5.74, 6) is 1.77. The van der Waals surface area contributed by atoms with E-state index < -0.39 is 0 Å². The Labute approximate surface area is 110 Å². The Hall–Kier alpha value is -0.340. The predicted octanol–water partition coefficient (Wildman–Crippen LogP) is 4.62. The maximum atomic E-state index is 3.77. The van der Waals surface area contributed by atoms with E-state index in [1.54, 1.807) is 0 Å². The zero-order valence-corrected chi connectivity index (χ0v) is 11.9. The molecule has 0 aliphatic heterocycles. The summed E-state index contributed by atoms with van der Waals surface area (Å²) in [5.41, 5.74) is 0. The highest BCUT2D eigenvalue weighted by Crippen LogP contribution is 2.38. The Kier molecular flexibility index (Phi) is 5.05. The van der Waals surface area contributed by atoms with E-state index in [1.165, 1.54) is 37.0 Å². The van der Waals surface area contributed by atoms with Crippen LogP contribution in [0.5, 0.6) is 0 Å². The van der Waals surface area contributed by atoms with E-state index in [0.29, 0.717) is 6.04 Å². The fraction of sp³-hybridized carbons (Fsp3) is 0.733. The fourth-order valence-electron chi connectivity index (χ4n) is 3.05. The number of rotatable bonds is 5. The van der Waals surface area contributed by atoms with E-state index in [2.05, 4.69) is 36.7 Å². The molecule has 1 nitrogen and oxygen atoms in total. The van der Waals surface area contributed by atoms with Crippen LogP contribution in [0.1, 0.15) is 56.9 Å². The summed E-state index contributed by atoms with van der Waals surface area (Å²) in [6.45, 7) is 5.81. The molecule has 17 heavy (non-hydrogen) atoms. The second-order valence-corrected chi connectivity index (χ2v) is 6.46. The third kappa shape index (κ3) is 3.56. The zero-order chi connectivity index (χ0) is 12.1. The van der Waals surface area contributed by atoms with Crippen molar-refractivity contribution >= 4 is 11.3 Å². The van der Waals surface area contributed by atoms with Gasteiger partial charge in [0, 0.05) is 10.9 Å². The van der Waals surface area contributed by atoms with Crippen LogP contribution < -0.4 is 5.32 Å². The van der Waals surface area contributed by atoms with Crippen molar-refractivity contribution < 1.29 is 0 Å². The van der Waals surface area contributed by atoms with Crippen molar-refractivity contribution in [2.45, 2.75) is 52.0 Å². The lowest BCUT2D eigenvalue weighted by atomic mass is 9.78. The Bertz CT molecular complexity index is 307. The van der Waals surface area contributed by atoms with Crippen molar-refractivity contribution in [3.8, 4) is 0 Å². The first kappa shape index (κ1) is 13.1. The van der Waals surface area contributed by atoms with Gasteiger partial charge in [-0.3, -0.25) is 0 Å². The van der Waals surface area contributed by atoms with Crippen molar-refractivity contribution in [2.24, 2.45) is 11.8 Å². The van der Waals surface area contributed by atoms with Gasteiger partial charge in [-0.25, -0.2) is 0 Å². The van der Waals surface area contributed by atoms with Gasteiger partial charge >= 0.3 is 0 Å². The molecule has 1 aromatic heterocycles. The molecule has 1 aliphatic carbocycles. The first-order valence-corrected chi connectivity index (χ1v) is 7.96. The van der Waals surface area contributed by atoms with Gasteiger partial charge in [0.1, 0.15) is 0 Å². The standard InChI is InChI=1S/C15H25NS/c1-3-9-16-15(14-8-5-10-17-14)13-7-4-6-12(2)11-13/h5,8,10,12-13,15-16H,3-4,6-7,9,11H2,1-2H3. The predicted molar refractivity (Wildman–Crippen MR) is 76.5 cm³/mol. The molecule has 0 spiro atoms. The van der Waals surface area contributed by atoms with Crippen LogP contribution in [0.4, 0.5) is 0 Å². The van der Waals surface area contributed by atoms with Crippen molar-refractivity contribution in [2.75, 3.05) is 6.54 Å². The van der Waals surface area contributed by atoms with Gasteiger partial charge < -0.3 is 5.32 Å². The second kappa shape index (κ2) is 6.55. The van der Waals surface area contributed by atoms with Gasteiger partial charge in [-0.15, -0.1) is 11.3 Å². The van der Waals surface area contributed by atoms with Crippen molar-refractivity contribution in [3.05, 3.63) is 22.4 Å². The third-order valence-corrected chi connectivity index (χ3v) is 4.87. The highest BCUT2D eigenvalue weighted by Gasteiger charge is 2.27. The highest BCUT2D eigenvalue weighted by molar-refractivity contribution is 7.10. The van der Waals surface area contributed by atoms with Crippen molar-refractivity contribution in [3.63, 3.8) is 0 Å². The lowest BCUT2D eigenvalue weighted by molar-refractivity contribution is 0.226. The van der Waals surface area contributed by atoms with Gasteiger partial charge in [0.05, 0.1) is 0 Å². The normalized spacial score (nSPS) is 26.9. The van der Waals surface area contributed by atoms with Gasteiger partial charge in [-0.2, -0.15) is 0 Å². The minimum atomic E-state index is 0.609. The molecule has 3 unspecified atom stereocenters. The summed E-state index contributed by atoms with van der Waals surface area (Å²) in [4.78, 5) is 1.54. The molecular weight excluding hydrogens is 226 g/mol. The molecular formula is C15H25NS. The van der Waals surface area contributed by atoms with Crippen LogP contribution in [0.25, 0.3) is 0 Å². The molecule has 0 saturated heterocycles. The molecule has 0 amide bonds. The monoisotopic (exact) mass is 251 g/mol. The van der Waals surface area contributed by atoms with E-state index in [-0.39, 0.29) is 0 Å². The van der Waals surface area contributed by atoms with Crippen LogP contribution in [0, 0.1) is 11.8 Å². The molecule has 1 aliphatic rings. The van der Waals surface area contributed by atoms with Crippen molar-refractivity contribution in [1.29, 1.82) is 0 Å². The summed E-state index contributed by atoms with van der Waals surface area (Å²) in [6.07, 6.45) is 6.88. The molecule has 2 rings (SSSR count). The van der Waals surface area contributed by atoms with Crippen LogP contribution >= 0.6 is 11.3 Å². The average Bonchev–Trinajstić information content (AvgIpc) is 2.83. The molecule has 1 heterocycles. The molecule has 1 N–H and O–H groups in total. The molecule has 2 heteroatoms. The van der Waals surface area contributed by atoms with E-state index in [9.17, 15) is 0 Å². The number of thiophene rings is 1. The topological polar surface area (TPSA) is 12.0 Å². The molecule has 0 radical (unpaired) electrons. The van der Waals surface area contributed by atoms with Gasteiger partial charge in [0.15, 0.2) is 0 Å². The highest BCUT2D eigenvalue weighted by atomic mass is 32.1. The summed E-state index contributed by atoms with van der Waals surface area (Å²) in [5, 5.41) is 5.98.